The molecule has 1 aliphatic rings. The van der Waals surface area contributed by atoms with Gasteiger partial charge in [0.1, 0.15) is 0 Å². The number of ether oxygens (including phenoxy) is 3. The number of rotatable bonds is 5. The van der Waals surface area contributed by atoms with Gasteiger partial charge in [0.25, 0.3) is 0 Å². The van der Waals surface area contributed by atoms with Crippen LogP contribution in [-0.4, -0.2) is 44.9 Å². The highest BCUT2D eigenvalue weighted by molar-refractivity contribution is 7.99. The third-order valence-corrected chi connectivity index (χ3v) is 3.90. The lowest BCUT2D eigenvalue weighted by Crippen LogP contribution is -2.37. The van der Waals surface area contributed by atoms with Crippen LogP contribution >= 0.6 is 24.2 Å². The third kappa shape index (κ3) is 4.09. The van der Waals surface area contributed by atoms with Crippen molar-refractivity contribution >= 4 is 35.8 Å². The Hall–Kier alpha value is -1.31. The van der Waals surface area contributed by atoms with Crippen LogP contribution in [0.3, 0.4) is 0 Å². The van der Waals surface area contributed by atoms with Gasteiger partial charge >= 0.3 is 0 Å². The molecule has 1 aromatic rings. The van der Waals surface area contributed by atoms with Crippen molar-refractivity contribution in [3.63, 3.8) is 0 Å². The van der Waals surface area contributed by atoms with E-state index in [1.807, 2.05) is 0 Å². The number of benzene rings is 1. The van der Waals surface area contributed by atoms with Crippen LogP contribution in [0, 0.1) is 0 Å². The lowest BCUT2D eigenvalue weighted by molar-refractivity contribution is -0.117. The molecule has 1 heterocycles. The van der Waals surface area contributed by atoms with Gasteiger partial charge in [-0.1, -0.05) is 0 Å². The van der Waals surface area contributed by atoms with Gasteiger partial charge < -0.3 is 19.5 Å². The summed E-state index contributed by atoms with van der Waals surface area (Å²) in [4.78, 5) is 12.1. The summed E-state index contributed by atoms with van der Waals surface area (Å²) in [6.07, 6.45) is 0. The van der Waals surface area contributed by atoms with E-state index in [0.717, 1.165) is 11.6 Å². The van der Waals surface area contributed by atoms with Gasteiger partial charge in [0.15, 0.2) is 11.5 Å². The van der Waals surface area contributed by atoms with Crippen LogP contribution in [0.2, 0.25) is 0 Å². The summed E-state index contributed by atoms with van der Waals surface area (Å²) < 4.78 is 15.7. The zero-order valence-corrected chi connectivity index (χ0v) is 13.7. The Balaban J connectivity index is 0.00000220. The molecule has 1 atom stereocenters. The molecule has 0 aliphatic carbocycles. The van der Waals surface area contributed by atoms with Gasteiger partial charge in [0.2, 0.25) is 11.7 Å². The predicted molar refractivity (Wildman–Crippen MR) is 86.2 cm³/mol. The fourth-order valence-electron chi connectivity index (χ4n) is 1.95. The molecule has 0 spiro atoms. The van der Waals surface area contributed by atoms with Crippen molar-refractivity contribution in [1.29, 1.82) is 0 Å². The third-order valence-electron chi connectivity index (χ3n) is 2.97. The molecule has 118 valence electrons. The molecule has 1 unspecified atom stereocenters. The van der Waals surface area contributed by atoms with Gasteiger partial charge in [0.05, 0.1) is 27.4 Å². The van der Waals surface area contributed by atoms with Crippen molar-refractivity contribution in [3.8, 4) is 17.2 Å². The van der Waals surface area contributed by atoms with Crippen LogP contribution in [0.25, 0.3) is 0 Å². The molecule has 0 aromatic heterocycles. The molecule has 1 aliphatic heterocycles. The Labute approximate surface area is 134 Å². The number of thioether (sulfide) groups is 1. The van der Waals surface area contributed by atoms with E-state index in [4.69, 9.17) is 14.2 Å². The molecule has 0 saturated carbocycles. The molecule has 1 saturated heterocycles. The topological polar surface area (TPSA) is 68.8 Å². The Kier molecular flexibility index (Phi) is 6.94. The van der Waals surface area contributed by atoms with E-state index in [1.165, 1.54) is 21.3 Å². The van der Waals surface area contributed by atoms with Crippen molar-refractivity contribution in [3.05, 3.63) is 12.1 Å². The molecular weight excluding hydrogens is 316 g/mol. The average Bonchev–Trinajstić information content (AvgIpc) is 3.00. The lowest BCUT2D eigenvalue weighted by Gasteiger charge is -2.16. The number of anilines is 1. The maximum Gasteiger partial charge on any atom is 0.242 e. The van der Waals surface area contributed by atoms with Gasteiger partial charge in [-0.2, -0.15) is 0 Å². The van der Waals surface area contributed by atoms with Gasteiger partial charge in [-0.25, -0.2) is 0 Å². The van der Waals surface area contributed by atoms with E-state index in [2.05, 4.69) is 10.6 Å². The van der Waals surface area contributed by atoms with E-state index >= 15 is 0 Å². The van der Waals surface area contributed by atoms with Crippen molar-refractivity contribution in [1.82, 2.24) is 5.32 Å². The summed E-state index contributed by atoms with van der Waals surface area (Å²) in [6.45, 7) is 0. The first-order chi connectivity index (χ1) is 9.69. The van der Waals surface area contributed by atoms with Crippen molar-refractivity contribution in [2.24, 2.45) is 0 Å². The fraction of sp³-hybridized carbons (Fsp3) is 0.462. The second kappa shape index (κ2) is 8.21. The molecule has 0 bridgehead atoms. The molecule has 1 fully saturated rings. The highest BCUT2D eigenvalue weighted by Crippen LogP contribution is 2.39. The molecule has 8 heteroatoms. The zero-order chi connectivity index (χ0) is 14.5. The van der Waals surface area contributed by atoms with E-state index in [9.17, 15) is 4.79 Å². The first-order valence-electron chi connectivity index (χ1n) is 6.11. The monoisotopic (exact) mass is 334 g/mol. The van der Waals surface area contributed by atoms with Crippen LogP contribution in [0.4, 0.5) is 5.69 Å². The van der Waals surface area contributed by atoms with Crippen molar-refractivity contribution < 1.29 is 19.0 Å². The Bertz CT molecular complexity index is 470. The largest absolute Gasteiger partial charge is 0.493 e. The average molecular weight is 335 g/mol. The Morgan fingerprint density at radius 1 is 1.24 bits per heavy atom. The van der Waals surface area contributed by atoms with Crippen molar-refractivity contribution in [2.75, 3.05) is 38.3 Å². The van der Waals surface area contributed by atoms with E-state index in [-0.39, 0.29) is 24.4 Å². The van der Waals surface area contributed by atoms with Crippen LogP contribution in [0.5, 0.6) is 17.2 Å². The summed E-state index contributed by atoms with van der Waals surface area (Å²) >= 11 is 1.70. The molecule has 1 aromatic carbocycles. The molecular formula is C13H19ClN2O4S. The summed E-state index contributed by atoms with van der Waals surface area (Å²) in [7, 11) is 4.62. The quantitative estimate of drug-likeness (QED) is 0.855. The normalized spacial score (nSPS) is 16.8. The predicted octanol–water partition coefficient (Wildman–Crippen LogP) is 1.74. The number of hydrogen-bond acceptors (Lipinski definition) is 6. The van der Waals surface area contributed by atoms with Crippen LogP contribution in [0.1, 0.15) is 0 Å². The zero-order valence-electron chi connectivity index (χ0n) is 12.1. The number of halogens is 1. The molecule has 1 amide bonds. The number of methoxy groups -OCH3 is 3. The number of carbonyl (C=O) groups is 1. The standard InChI is InChI=1S/C13H18N2O4S.ClH/c1-17-10-4-8(5-11(18-2)12(10)19-3)15-13(16)9-6-20-7-14-9;/h4-5,9,14H,6-7H2,1-3H3,(H,15,16);1H. The van der Waals surface area contributed by atoms with Crippen molar-refractivity contribution in [2.45, 2.75) is 6.04 Å². The van der Waals surface area contributed by atoms with E-state index in [1.54, 1.807) is 23.9 Å². The highest BCUT2D eigenvalue weighted by Gasteiger charge is 2.23. The molecule has 6 nitrogen and oxygen atoms in total. The van der Waals surface area contributed by atoms with Crippen LogP contribution < -0.4 is 24.8 Å². The molecule has 2 rings (SSSR count). The minimum atomic E-state index is -0.168. The summed E-state index contributed by atoms with van der Waals surface area (Å²) in [5, 5.41) is 5.97. The minimum Gasteiger partial charge on any atom is -0.493 e. The summed E-state index contributed by atoms with van der Waals surface area (Å²) in [5.41, 5.74) is 0.614. The number of carbonyl (C=O) groups excluding carboxylic acids is 1. The van der Waals surface area contributed by atoms with Crippen LogP contribution in [-0.2, 0) is 4.79 Å². The highest BCUT2D eigenvalue weighted by atomic mass is 35.5. The Morgan fingerprint density at radius 2 is 1.86 bits per heavy atom. The number of amides is 1. The second-order valence-electron chi connectivity index (χ2n) is 4.18. The van der Waals surface area contributed by atoms with Crippen LogP contribution in [0.15, 0.2) is 12.1 Å². The smallest absolute Gasteiger partial charge is 0.242 e. The lowest BCUT2D eigenvalue weighted by atomic mass is 10.2. The maximum atomic E-state index is 12.1. The molecule has 0 radical (unpaired) electrons. The Morgan fingerprint density at radius 3 is 2.29 bits per heavy atom. The summed E-state index contributed by atoms with van der Waals surface area (Å²) in [6, 6.07) is 3.25. The van der Waals surface area contributed by atoms with Gasteiger partial charge in [-0.15, -0.1) is 24.2 Å². The summed E-state index contributed by atoms with van der Waals surface area (Å²) in [5.74, 6) is 3.03. The number of nitrogens with one attached hydrogen (secondary N) is 2. The fourth-order valence-corrected chi connectivity index (χ4v) is 2.89. The second-order valence-corrected chi connectivity index (χ2v) is 5.21. The van der Waals surface area contributed by atoms with E-state index < -0.39 is 0 Å². The first-order valence-corrected chi connectivity index (χ1v) is 7.27. The van der Waals surface area contributed by atoms with Gasteiger partial charge in [0, 0.05) is 29.4 Å². The minimum absolute atomic E-state index is 0. The molecule has 21 heavy (non-hydrogen) atoms. The first kappa shape index (κ1) is 17.7. The van der Waals surface area contributed by atoms with E-state index in [0.29, 0.717) is 22.9 Å². The van der Waals surface area contributed by atoms with Gasteiger partial charge in [-0.05, 0) is 0 Å². The maximum absolute atomic E-state index is 12.1. The molecule has 2 N–H and O–H groups in total. The number of hydrogen-bond donors (Lipinski definition) is 2. The SMILES string of the molecule is COc1cc(NC(=O)C2CSCN2)cc(OC)c1OC.Cl. The van der Waals surface area contributed by atoms with Gasteiger partial charge in [-0.3, -0.25) is 10.1 Å².